The number of nitrogens with zero attached hydrogens (tertiary/aromatic N) is 6. The van der Waals surface area contributed by atoms with E-state index < -0.39 is 5.60 Å². The van der Waals surface area contributed by atoms with E-state index in [-0.39, 0.29) is 41.1 Å². The topological polar surface area (TPSA) is 171 Å². The number of nitrogens with one attached hydrogen (secondary N) is 2. The molecule has 0 spiro atoms. The number of hydrogen-bond acceptors (Lipinski definition) is 10. The van der Waals surface area contributed by atoms with Crippen molar-refractivity contribution in [3.63, 3.8) is 0 Å². The van der Waals surface area contributed by atoms with Gasteiger partial charge in [0.2, 0.25) is 5.91 Å². The van der Waals surface area contributed by atoms with Crippen LogP contribution in [0.15, 0.2) is 97.3 Å². The summed E-state index contributed by atoms with van der Waals surface area (Å²) >= 11 is 6.46. The minimum absolute atomic E-state index is 0.0468. The first-order valence-corrected chi connectivity index (χ1v) is 26.8. The normalized spacial score (nSPS) is 15.9. The maximum absolute atomic E-state index is 13.6. The van der Waals surface area contributed by atoms with Gasteiger partial charge in [0.15, 0.2) is 11.5 Å². The molecule has 4 aliphatic rings. The van der Waals surface area contributed by atoms with E-state index in [1.165, 1.54) is 0 Å². The Bertz CT molecular complexity index is 3070. The number of hydrogen-bond donors (Lipinski definition) is 2. The Balaban J connectivity index is 0.000000186. The number of carbonyl (C=O) groups excluding carboxylic acids is 4. The van der Waals surface area contributed by atoms with Crippen LogP contribution in [0.2, 0.25) is 5.02 Å². The monoisotopic (exact) mass is 1050 g/mol. The Kier molecular flexibility index (Phi) is 16.1. The number of halogens is 1. The van der Waals surface area contributed by atoms with E-state index in [1.807, 2.05) is 109 Å². The van der Waals surface area contributed by atoms with E-state index in [0.29, 0.717) is 92.0 Å². The molecule has 2 fully saturated rings. The molecular weight excluding hydrogens is 984 g/mol. The van der Waals surface area contributed by atoms with Crippen LogP contribution in [0.5, 0.6) is 17.2 Å². The number of para-hydroxylation sites is 1. The molecule has 4 aliphatic heterocycles. The second kappa shape index (κ2) is 22.9. The predicted molar refractivity (Wildman–Crippen MR) is 293 cm³/mol. The largest absolute Gasteiger partial charge is 0.493 e. The standard InChI is InChI=1S/C30H35ClN4O4.C29H34N4O4/c1-19-23(31)6-5-7-24(19)35-28(20-10-12-34(13-11-20)27(36)17-30(2,3)4)22(18-32-35)29(37)33-21-8-9-25-26(16-21)39-15-14-38-25;1-29(2,3)37-28(35)32-15-13-20(14-16-32)26-24(19-30-33(26)23-9-5-4-6-10-23)27(34)31-22-11-12-25-21(18-22)8-7-17-36-25/h5-9,16,18,20H,10-15,17H2,1-4H3,(H,33,37);4-6,9-12,18-20H,7-8,13-17H2,1-3H3,(H,31,34). The Labute approximate surface area is 450 Å². The molecule has 0 radical (unpaired) electrons. The first-order valence-electron chi connectivity index (χ1n) is 26.4. The van der Waals surface area contributed by atoms with Gasteiger partial charge in [-0.25, -0.2) is 14.2 Å². The summed E-state index contributed by atoms with van der Waals surface area (Å²) < 4.78 is 26.3. The summed E-state index contributed by atoms with van der Waals surface area (Å²) in [5, 5.41) is 16.0. The lowest BCUT2D eigenvalue weighted by molar-refractivity contribution is -0.134. The number of fused-ring (bicyclic) bond motifs is 2. The van der Waals surface area contributed by atoms with Crippen molar-refractivity contribution in [2.24, 2.45) is 5.41 Å². The summed E-state index contributed by atoms with van der Waals surface area (Å²) in [6, 6.07) is 26.7. The van der Waals surface area contributed by atoms with Crippen LogP contribution in [0.4, 0.5) is 16.2 Å². The first kappa shape index (κ1) is 53.5. The molecule has 76 heavy (non-hydrogen) atoms. The fourth-order valence-corrected chi connectivity index (χ4v) is 10.4. The van der Waals surface area contributed by atoms with Gasteiger partial charge in [0.05, 0.1) is 52.9 Å². The van der Waals surface area contributed by atoms with Crippen molar-refractivity contribution in [2.45, 2.75) is 111 Å². The van der Waals surface area contributed by atoms with E-state index in [0.717, 1.165) is 77.6 Å². The van der Waals surface area contributed by atoms with Gasteiger partial charge in [0.1, 0.15) is 24.6 Å². The number of aromatic nitrogens is 4. The van der Waals surface area contributed by atoms with Crippen LogP contribution in [0.1, 0.15) is 135 Å². The van der Waals surface area contributed by atoms with E-state index in [4.69, 9.17) is 30.5 Å². The minimum Gasteiger partial charge on any atom is -0.493 e. The number of ether oxygens (including phenoxy) is 4. The lowest BCUT2D eigenvalue weighted by Crippen LogP contribution is -2.41. The number of rotatable bonds is 9. The lowest BCUT2D eigenvalue weighted by atomic mass is 9.88. The Morgan fingerprint density at radius 2 is 1.22 bits per heavy atom. The summed E-state index contributed by atoms with van der Waals surface area (Å²) in [7, 11) is 0. The molecule has 2 aromatic heterocycles. The molecule has 400 valence electrons. The Hall–Kier alpha value is -7.33. The fourth-order valence-electron chi connectivity index (χ4n) is 10.2. The quantitative estimate of drug-likeness (QED) is 0.142. The summed E-state index contributed by atoms with van der Waals surface area (Å²) in [4.78, 5) is 56.3. The zero-order chi connectivity index (χ0) is 53.7. The number of aryl methyl sites for hydroxylation is 1. The molecule has 4 amide bonds. The van der Waals surface area contributed by atoms with Crippen molar-refractivity contribution in [3.05, 3.63) is 136 Å². The highest BCUT2D eigenvalue weighted by Crippen LogP contribution is 2.38. The van der Waals surface area contributed by atoms with Crippen LogP contribution < -0.4 is 24.8 Å². The van der Waals surface area contributed by atoms with Crippen molar-refractivity contribution < 1.29 is 38.1 Å². The smallest absolute Gasteiger partial charge is 0.410 e. The van der Waals surface area contributed by atoms with Gasteiger partial charge in [0, 0.05) is 66.9 Å². The average molecular weight is 1050 g/mol. The zero-order valence-corrected chi connectivity index (χ0v) is 45.4. The van der Waals surface area contributed by atoms with Crippen molar-refractivity contribution in [1.29, 1.82) is 0 Å². The predicted octanol–water partition coefficient (Wildman–Crippen LogP) is 11.6. The summed E-state index contributed by atoms with van der Waals surface area (Å²) in [5.41, 5.74) is 7.25. The molecule has 4 aromatic carbocycles. The van der Waals surface area contributed by atoms with E-state index >= 15 is 0 Å². The highest BCUT2D eigenvalue weighted by molar-refractivity contribution is 6.31. The maximum atomic E-state index is 13.6. The molecule has 6 heterocycles. The molecule has 10 rings (SSSR count). The molecule has 6 aromatic rings. The third-order valence-electron chi connectivity index (χ3n) is 14.0. The van der Waals surface area contributed by atoms with Crippen molar-refractivity contribution in [3.8, 4) is 28.6 Å². The van der Waals surface area contributed by atoms with Crippen LogP contribution in [-0.4, -0.2) is 105 Å². The third kappa shape index (κ3) is 12.7. The van der Waals surface area contributed by atoms with Gasteiger partial charge >= 0.3 is 6.09 Å². The highest BCUT2D eigenvalue weighted by atomic mass is 35.5. The SMILES string of the molecule is CC(C)(C)OC(=O)N1CCC(c2c(C(=O)Nc3ccc4c(c3)CCCO4)cnn2-c2ccccc2)CC1.Cc1c(Cl)cccc1-n1ncc(C(=O)Nc2ccc3c(c2)OCCO3)c1C1CCN(C(=O)CC(C)(C)C)CC1. The number of benzene rings is 4. The molecule has 0 saturated carbocycles. The lowest BCUT2D eigenvalue weighted by Gasteiger charge is -2.34. The van der Waals surface area contributed by atoms with Gasteiger partial charge in [-0.1, -0.05) is 56.6 Å². The number of likely N-dealkylation sites (tertiary alicyclic amines) is 2. The number of carbonyl (C=O) groups is 4. The second-order valence-electron chi connectivity index (χ2n) is 22.1. The molecule has 0 aliphatic carbocycles. The molecule has 0 bridgehead atoms. The van der Waals surface area contributed by atoms with Gasteiger partial charge < -0.3 is 39.4 Å². The summed E-state index contributed by atoms with van der Waals surface area (Å²) in [5.74, 6) is 2.01. The van der Waals surface area contributed by atoms with Gasteiger partial charge in [0.25, 0.3) is 11.8 Å². The number of anilines is 2. The minimum atomic E-state index is -0.534. The third-order valence-corrected chi connectivity index (χ3v) is 14.4. The number of piperidine rings is 2. The van der Waals surface area contributed by atoms with Crippen LogP contribution >= 0.6 is 11.6 Å². The van der Waals surface area contributed by atoms with Gasteiger partial charge in [-0.05, 0) is 137 Å². The molecule has 0 unspecified atom stereocenters. The van der Waals surface area contributed by atoms with Crippen molar-refractivity contribution >= 4 is 46.8 Å². The van der Waals surface area contributed by atoms with Crippen molar-refractivity contribution in [1.82, 2.24) is 29.4 Å². The second-order valence-corrected chi connectivity index (χ2v) is 22.5. The summed E-state index contributed by atoms with van der Waals surface area (Å²) in [6.07, 6.45) is 8.32. The average Bonchev–Trinajstić information content (AvgIpc) is 4.05. The zero-order valence-electron chi connectivity index (χ0n) is 44.6. The van der Waals surface area contributed by atoms with Crippen LogP contribution in [0.3, 0.4) is 0 Å². The van der Waals surface area contributed by atoms with E-state index in [9.17, 15) is 19.2 Å². The highest BCUT2D eigenvalue weighted by Gasteiger charge is 2.34. The molecule has 17 heteroatoms. The van der Waals surface area contributed by atoms with Crippen LogP contribution in [-0.2, 0) is 16.0 Å². The van der Waals surface area contributed by atoms with Crippen LogP contribution in [0, 0.1) is 12.3 Å². The van der Waals surface area contributed by atoms with Gasteiger partial charge in [-0.2, -0.15) is 10.2 Å². The molecule has 0 atom stereocenters. The Morgan fingerprint density at radius 3 is 1.86 bits per heavy atom. The van der Waals surface area contributed by atoms with Crippen LogP contribution in [0.25, 0.3) is 11.4 Å². The van der Waals surface area contributed by atoms with Crippen molar-refractivity contribution in [2.75, 3.05) is 56.6 Å². The molecule has 16 nitrogen and oxygen atoms in total. The van der Waals surface area contributed by atoms with E-state index in [2.05, 4.69) is 41.6 Å². The Morgan fingerprint density at radius 1 is 0.658 bits per heavy atom. The van der Waals surface area contributed by atoms with Gasteiger partial charge in [-0.15, -0.1) is 0 Å². The fraction of sp³-hybridized carbons (Fsp3) is 0.424. The molecule has 2 saturated heterocycles. The summed E-state index contributed by atoms with van der Waals surface area (Å²) in [6.45, 7) is 17.9. The molecule has 2 N–H and O–H groups in total. The number of amides is 4. The maximum Gasteiger partial charge on any atom is 0.410 e. The van der Waals surface area contributed by atoms with Gasteiger partial charge in [-0.3, -0.25) is 14.4 Å². The molecular formula is C59H69ClN8O8. The van der Waals surface area contributed by atoms with E-state index in [1.54, 1.807) is 35.5 Å². The first-order chi connectivity index (χ1) is 36.4.